The highest BCUT2D eigenvalue weighted by molar-refractivity contribution is 5.93. The van der Waals surface area contributed by atoms with Gasteiger partial charge in [-0.3, -0.25) is 19.6 Å². The second-order valence-electron chi connectivity index (χ2n) is 3.93. The highest BCUT2D eigenvalue weighted by Gasteiger charge is 2.07. The van der Waals surface area contributed by atoms with Gasteiger partial charge in [-0.05, 0) is 6.07 Å². The van der Waals surface area contributed by atoms with Crippen LogP contribution in [-0.4, -0.2) is 26.8 Å². The van der Waals surface area contributed by atoms with Crippen molar-refractivity contribution in [3.63, 3.8) is 0 Å². The Balaban J connectivity index is 2.01. The first-order valence-electron chi connectivity index (χ1n) is 5.64. The SMILES string of the molecule is Cn1ccc(C(=O)N/N=C/c2cccc([N+](=O)[O-])c2)n1. The van der Waals surface area contributed by atoms with Gasteiger partial charge in [-0.15, -0.1) is 0 Å². The third-order valence-corrected chi connectivity index (χ3v) is 2.41. The second-order valence-corrected chi connectivity index (χ2v) is 3.93. The molecule has 1 aromatic carbocycles. The lowest BCUT2D eigenvalue weighted by molar-refractivity contribution is -0.384. The number of nitro benzene ring substituents is 1. The summed E-state index contributed by atoms with van der Waals surface area (Å²) in [6.07, 6.45) is 2.97. The fourth-order valence-electron chi connectivity index (χ4n) is 1.48. The molecule has 2 aromatic rings. The first kappa shape index (κ1) is 13.4. The molecule has 0 radical (unpaired) electrons. The average Bonchev–Trinajstić information content (AvgIpc) is 2.86. The summed E-state index contributed by atoms with van der Waals surface area (Å²) in [5.74, 6) is -0.452. The highest BCUT2D eigenvalue weighted by atomic mass is 16.6. The van der Waals surface area contributed by atoms with Crippen molar-refractivity contribution in [2.75, 3.05) is 0 Å². The summed E-state index contributed by atoms with van der Waals surface area (Å²) in [6.45, 7) is 0. The van der Waals surface area contributed by atoms with E-state index in [4.69, 9.17) is 0 Å². The standard InChI is InChI=1S/C12H11N5O3/c1-16-6-5-11(15-16)12(18)14-13-8-9-3-2-4-10(7-9)17(19)20/h2-8H,1H3,(H,14,18)/b13-8+. The van der Waals surface area contributed by atoms with Crippen molar-refractivity contribution in [3.8, 4) is 0 Å². The molecule has 102 valence electrons. The molecule has 1 N–H and O–H groups in total. The average molecular weight is 273 g/mol. The quantitative estimate of drug-likeness (QED) is 0.511. The maximum absolute atomic E-state index is 11.6. The monoisotopic (exact) mass is 273 g/mol. The van der Waals surface area contributed by atoms with E-state index in [9.17, 15) is 14.9 Å². The number of hydrazone groups is 1. The van der Waals surface area contributed by atoms with Crippen LogP contribution in [-0.2, 0) is 7.05 Å². The number of nitrogens with one attached hydrogen (secondary N) is 1. The zero-order valence-corrected chi connectivity index (χ0v) is 10.6. The van der Waals surface area contributed by atoms with Crippen molar-refractivity contribution >= 4 is 17.8 Å². The van der Waals surface area contributed by atoms with E-state index in [-0.39, 0.29) is 11.4 Å². The zero-order valence-electron chi connectivity index (χ0n) is 10.6. The van der Waals surface area contributed by atoms with E-state index in [1.807, 2.05) is 0 Å². The summed E-state index contributed by atoms with van der Waals surface area (Å²) in [7, 11) is 1.70. The Hall–Kier alpha value is -3.03. The van der Waals surface area contributed by atoms with Gasteiger partial charge < -0.3 is 0 Å². The fraction of sp³-hybridized carbons (Fsp3) is 0.0833. The number of carbonyl (C=O) groups is 1. The van der Waals surface area contributed by atoms with Crippen molar-refractivity contribution in [2.24, 2.45) is 12.1 Å². The molecule has 0 spiro atoms. The van der Waals surface area contributed by atoms with Crippen LogP contribution in [0, 0.1) is 10.1 Å². The zero-order chi connectivity index (χ0) is 14.5. The molecule has 0 saturated carbocycles. The molecule has 0 aliphatic heterocycles. The van der Waals surface area contributed by atoms with Crippen LogP contribution < -0.4 is 5.43 Å². The minimum absolute atomic E-state index is 0.0370. The Morgan fingerprint density at radius 2 is 2.30 bits per heavy atom. The number of non-ortho nitro benzene ring substituents is 1. The molecule has 0 atom stereocenters. The molecular formula is C12H11N5O3. The van der Waals surface area contributed by atoms with Crippen LogP contribution in [0.1, 0.15) is 16.1 Å². The molecule has 8 heteroatoms. The predicted octanol–water partition coefficient (Wildman–Crippen LogP) is 1.09. The molecule has 1 aromatic heterocycles. The molecule has 1 amide bonds. The minimum Gasteiger partial charge on any atom is -0.275 e. The molecule has 8 nitrogen and oxygen atoms in total. The molecule has 0 aliphatic rings. The number of nitro groups is 1. The number of nitrogens with zero attached hydrogens (tertiary/aromatic N) is 4. The maximum atomic E-state index is 11.6. The number of aryl methyl sites for hydroxylation is 1. The van der Waals surface area contributed by atoms with Crippen LogP contribution >= 0.6 is 0 Å². The van der Waals surface area contributed by atoms with Crippen LogP contribution in [0.3, 0.4) is 0 Å². The number of hydrogen-bond acceptors (Lipinski definition) is 5. The van der Waals surface area contributed by atoms with E-state index >= 15 is 0 Å². The Morgan fingerprint density at radius 3 is 2.95 bits per heavy atom. The molecule has 0 unspecified atom stereocenters. The van der Waals surface area contributed by atoms with Gasteiger partial charge in [0.25, 0.3) is 11.6 Å². The Labute approximate surface area is 113 Å². The summed E-state index contributed by atoms with van der Waals surface area (Å²) in [4.78, 5) is 21.7. The van der Waals surface area contributed by atoms with Crippen LogP contribution in [0.2, 0.25) is 0 Å². The van der Waals surface area contributed by atoms with Gasteiger partial charge in [0, 0.05) is 30.9 Å². The van der Waals surface area contributed by atoms with Gasteiger partial charge in [-0.2, -0.15) is 10.2 Å². The lowest BCUT2D eigenvalue weighted by Crippen LogP contribution is -2.18. The van der Waals surface area contributed by atoms with Crippen LogP contribution in [0.4, 0.5) is 5.69 Å². The third kappa shape index (κ3) is 3.25. The van der Waals surface area contributed by atoms with Crippen LogP contribution in [0.15, 0.2) is 41.6 Å². The van der Waals surface area contributed by atoms with Gasteiger partial charge in [0.2, 0.25) is 0 Å². The normalized spacial score (nSPS) is 10.7. The van der Waals surface area contributed by atoms with E-state index < -0.39 is 10.8 Å². The molecule has 20 heavy (non-hydrogen) atoms. The first-order valence-corrected chi connectivity index (χ1v) is 5.64. The second kappa shape index (κ2) is 5.74. The van der Waals surface area contributed by atoms with Crippen LogP contribution in [0.25, 0.3) is 0 Å². The van der Waals surface area contributed by atoms with Gasteiger partial charge in [0.05, 0.1) is 11.1 Å². The van der Waals surface area contributed by atoms with E-state index in [1.165, 1.54) is 23.0 Å². The topological polar surface area (TPSA) is 102 Å². The molecular weight excluding hydrogens is 262 g/mol. The highest BCUT2D eigenvalue weighted by Crippen LogP contribution is 2.11. The molecule has 1 heterocycles. The Kier molecular flexibility index (Phi) is 3.85. The number of amides is 1. The summed E-state index contributed by atoms with van der Waals surface area (Å²) in [6, 6.07) is 7.47. The lowest BCUT2D eigenvalue weighted by Gasteiger charge is -1.96. The number of rotatable bonds is 4. The van der Waals surface area contributed by atoms with Gasteiger partial charge in [0.1, 0.15) is 0 Å². The summed E-state index contributed by atoms with van der Waals surface area (Å²) in [5, 5.41) is 18.2. The minimum atomic E-state index is -0.496. The van der Waals surface area contributed by atoms with Crippen molar-refractivity contribution in [1.29, 1.82) is 0 Å². The largest absolute Gasteiger partial charge is 0.291 e. The van der Waals surface area contributed by atoms with E-state index in [2.05, 4.69) is 15.6 Å². The number of benzene rings is 1. The van der Waals surface area contributed by atoms with Gasteiger partial charge >= 0.3 is 0 Å². The third-order valence-electron chi connectivity index (χ3n) is 2.41. The maximum Gasteiger partial charge on any atom is 0.291 e. The van der Waals surface area contributed by atoms with Crippen molar-refractivity contribution < 1.29 is 9.72 Å². The predicted molar refractivity (Wildman–Crippen MR) is 71.4 cm³/mol. The van der Waals surface area contributed by atoms with Crippen molar-refractivity contribution in [1.82, 2.24) is 15.2 Å². The first-order chi connectivity index (χ1) is 9.56. The summed E-state index contributed by atoms with van der Waals surface area (Å²) < 4.78 is 1.50. The molecule has 0 aliphatic carbocycles. The molecule has 0 bridgehead atoms. The smallest absolute Gasteiger partial charge is 0.275 e. The lowest BCUT2D eigenvalue weighted by atomic mass is 10.2. The summed E-state index contributed by atoms with van der Waals surface area (Å²) in [5.41, 5.74) is 3.01. The van der Waals surface area contributed by atoms with Gasteiger partial charge in [-0.25, -0.2) is 5.43 Å². The number of carbonyl (C=O) groups excluding carboxylic acids is 1. The van der Waals surface area contributed by atoms with Crippen molar-refractivity contribution in [2.45, 2.75) is 0 Å². The van der Waals surface area contributed by atoms with E-state index in [0.29, 0.717) is 5.56 Å². The van der Waals surface area contributed by atoms with Gasteiger partial charge in [-0.1, -0.05) is 12.1 Å². The van der Waals surface area contributed by atoms with Gasteiger partial charge in [0.15, 0.2) is 5.69 Å². The van der Waals surface area contributed by atoms with E-state index in [1.54, 1.807) is 31.4 Å². The fourth-order valence-corrected chi connectivity index (χ4v) is 1.48. The molecule has 0 saturated heterocycles. The summed E-state index contributed by atoms with van der Waals surface area (Å²) >= 11 is 0. The Morgan fingerprint density at radius 1 is 1.50 bits per heavy atom. The molecule has 2 rings (SSSR count). The number of hydrogen-bond donors (Lipinski definition) is 1. The van der Waals surface area contributed by atoms with Crippen LogP contribution in [0.5, 0.6) is 0 Å². The Bertz CT molecular complexity index is 677. The van der Waals surface area contributed by atoms with E-state index in [0.717, 1.165) is 0 Å². The number of aromatic nitrogens is 2. The van der Waals surface area contributed by atoms with Crippen molar-refractivity contribution in [3.05, 3.63) is 57.9 Å². The molecule has 0 fully saturated rings.